The fraction of sp³-hybridized carbons (Fsp3) is 0.308. The Labute approximate surface area is 106 Å². The van der Waals surface area contributed by atoms with Gasteiger partial charge in [0.25, 0.3) is 5.91 Å². The van der Waals surface area contributed by atoms with Crippen LogP contribution in [0.25, 0.3) is 0 Å². The molecule has 5 heteroatoms. The van der Waals surface area contributed by atoms with E-state index in [4.69, 9.17) is 0 Å². The van der Waals surface area contributed by atoms with E-state index in [0.717, 1.165) is 0 Å². The van der Waals surface area contributed by atoms with Crippen molar-refractivity contribution in [2.75, 3.05) is 0 Å². The van der Waals surface area contributed by atoms with Crippen LogP contribution < -0.4 is 10.9 Å². The van der Waals surface area contributed by atoms with Crippen molar-refractivity contribution in [3.8, 4) is 0 Å². The van der Waals surface area contributed by atoms with Crippen molar-refractivity contribution in [3.05, 3.63) is 42.4 Å². The summed E-state index contributed by atoms with van der Waals surface area (Å²) in [6, 6.07) is 3.20. The molecule has 0 saturated heterocycles. The number of allylic oxidation sites excluding steroid dienone is 1. The van der Waals surface area contributed by atoms with Crippen molar-refractivity contribution < 1.29 is 9.59 Å². The largest absolute Gasteiger partial charge is 0.306 e. The number of carbonyl (C=O) groups is 2. The number of nitrogens with zero attached hydrogens (tertiary/aromatic N) is 1. The topological polar surface area (TPSA) is 71.1 Å². The molecule has 0 aliphatic heterocycles. The first-order chi connectivity index (χ1) is 8.41. The van der Waals surface area contributed by atoms with Gasteiger partial charge in [0.2, 0.25) is 0 Å². The molecule has 0 spiro atoms. The summed E-state index contributed by atoms with van der Waals surface area (Å²) < 4.78 is 0. The number of ketones is 1. The third kappa shape index (κ3) is 4.37. The summed E-state index contributed by atoms with van der Waals surface area (Å²) in [5, 5.41) is 0. The van der Waals surface area contributed by atoms with Crippen LogP contribution in [0.4, 0.5) is 0 Å². The zero-order chi connectivity index (χ0) is 13.6. The molecule has 0 aromatic carbocycles. The zero-order valence-corrected chi connectivity index (χ0v) is 10.7. The number of rotatable bonds is 4. The Morgan fingerprint density at radius 3 is 2.39 bits per heavy atom. The smallest absolute Gasteiger partial charge is 0.269 e. The van der Waals surface area contributed by atoms with Gasteiger partial charge in [0.15, 0.2) is 5.78 Å². The number of hydrogen-bond donors (Lipinski definition) is 2. The highest BCUT2D eigenvalue weighted by Gasteiger charge is 2.17. The van der Waals surface area contributed by atoms with E-state index in [2.05, 4.69) is 15.8 Å². The maximum Gasteiger partial charge on any atom is 0.269 e. The average molecular weight is 247 g/mol. The molecule has 2 N–H and O–H groups in total. The molecule has 0 saturated carbocycles. The lowest BCUT2D eigenvalue weighted by atomic mass is 9.91. The molecule has 1 aromatic rings. The van der Waals surface area contributed by atoms with Gasteiger partial charge in [0.05, 0.1) is 0 Å². The fourth-order valence-corrected chi connectivity index (χ4v) is 1.05. The monoisotopic (exact) mass is 247 g/mol. The third-order valence-corrected chi connectivity index (χ3v) is 2.19. The van der Waals surface area contributed by atoms with Gasteiger partial charge in [-0.25, -0.2) is 0 Å². The average Bonchev–Trinajstić information content (AvgIpc) is 2.34. The molecule has 96 valence electrons. The number of aromatic nitrogens is 1. The van der Waals surface area contributed by atoms with Crippen LogP contribution in [0.3, 0.4) is 0 Å². The zero-order valence-electron chi connectivity index (χ0n) is 10.7. The Morgan fingerprint density at radius 2 is 1.83 bits per heavy atom. The Hall–Kier alpha value is -2.17. The van der Waals surface area contributed by atoms with Crippen molar-refractivity contribution in [2.45, 2.75) is 20.8 Å². The van der Waals surface area contributed by atoms with Crippen LogP contribution in [-0.4, -0.2) is 16.7 Å². The normalized spacial score (nSPS) is 11.3. The van der Waals surface area contributed by atoms with E-state index in [9.17, 15) is 9.59 Å². The maximum atomic E-state index is 11.6. The summed E-state index contributed by atoms with van der Waals surface area (Å²) in [4.78, 5) is 26.9. The summed E-state index contributed by atoms with van der Waals surface area (Å²) in [5.41, 5.74) is 5.09. The van der Waals surface area contributed by atoms with Crippen LogP contribution >= 0.6 is 0 Å². The van der Waals surface area contributed by atoms with Crippen LogP contribution in [0.2, 0.25) is 0 Å². The van der Waals surface area contributed by atoms with Gasteiger partial charge >= 0.3 is 0 Å². The lowest BCUT2D eigenvalue weighted by Crippen LogP contribution is -2.33. The molecule has 0 fully saturated rings. The van der Waals surface area contributed by atoms with Gasteiger partial charge in [-0.05, 0) is 18.2 Å². The molecule has 5 nitrogen and oxygen atoms in total. The highest BCUT2D eigenvalue weighted by Crippen LogP contribution is 2.14. The van der Waals surface area contributed by atoms with Crippen LogP contribution in [0.5, 0.6) is 0 Å². The Bertz CT molecular complexity index is 447. The maximum absolute atomic E-state index is 11.6. The molecule has 1 rings (SSSR count). The second kappa shape index (κ2) is 5.95. The van der Waals surface area contributed by atoms with Gasteiger partial charge in [-0.15, -0.1) is 0 Å². The minimum absolute atomic E-state index is 0.0202. The second-order valence-electron chi connectivity index (χ2n) is 4.78. The molecule has 0 unspecified atom stereocenters. The second-order valence-corrected chi connectivity index (χ2v) is 4.78. The predicted octanol–water partition coefficient (Wildman–Crippen LogP) is 1.44. The number of carbonyl (C=O) groups excluding carboxylic acids is 2. The van der Waals surface area contributed by atoms with Crippen LogP contribution in [0.1, 0.15) is 31.1 Å². The van der Waals surface area contributed by atoms with Crippen LogP contribution in [0.15, 0.2) is 36.8 Å². The molecule has 0 radical (unpaired) electrons. The van der Waals surface area contributed by atoms with Crippen LogP contribution in [-0.2, 0) is 4.79 Å². The lowest BCUT2D eigenvalue weighted by molar-refractivity contribution is -0.121. The summed E-state index contributed by atoms with van der Waals surface area (Å²) >= 11 is 0. The van der Waals surface area contributed by atoms with Gasteiger partial charge in [0, 0.05) is 29.6 Å². The van der Waals surface area contributed by atoms with Crippen LogP contribution in [0, 0.1) is 5.41 Å². The van der Waals surface area contributed by atoms with Crippen molar-refractivity contribution in [1.29, 1.82) is 0 Å². The Morgan fingerprint density at radius 1 is 1.22 bits per heavy atom. The number of nitrogens with one attached hydrogen (secondary N) is 2. The first-order valence-corrected chi connectivity index (χ1v) is 5.58. The Kier molecular flexibility index (Phi) is 4.59. The van der Waals surface area contributed by atoms with E-state index >= 15 is 0 Å². The van der Waals surface area contributed by atoms with E-state index in [1.54, 1.807) is 12.1 Å². The summed E-state index contributed by atoms with van der Waals surface area (Å²) in [6.45, 7) is 5.49. The van der Waals surface area contributed by atoms with Gasteiger partial charge in [-0.2, -0.15) is 0 Å². The molecule has 1 aromatic heterocycles. The number of pyridine rings is 1. The SMILES string of the molecule is CC(C)(C)C(=O)/C=C/NNC(=O)c1ccncc1. The quantitative estimate of drug-likeness (QED) is 0.624. The molecule has 0 atom stereocenters. The van der Waals surface area contributed by atoms with Gasteiger partial charge in [0.1, 0.15) is 0 Å². The van der Waals surface area contributed by atoms with E-state index in [-0.39, 0.29) is 11.7 Å². The third-order valence-electron chi connectivity index (χ3n) is 2.19. The standard InChI is InChI=1S/C13H17N3O2/c1-13(2,3)11(17)6-9-15-16-12(18)10-4-7-14-8-5-10/h4-9,15H,1-3H3,(H,16,18)/b9-6+. The molecule has 1 heterocycles. The van der Waals surface area contributed by atoms with E-state index in [1.807, 2.05) is 20.8 Å². The highest BCUT2D eigenvalue weighted by atomic mass is 16.2. The Balaban J connectivity index is 2.41. The minimum atomic E-state index is -0.423. The lowest BCUT2D eigenvalue weighted by Gasteiger charge is -2.13. The number of amides is 1. The first-order valence-electron chi connectivity index (χ1n) is 5.58. The van der Waals surface area contributed by atoms with Crippen molar-refractivity contribution in [1.82, 2.24) is 15.8 Å². The fourth-order valence-electron chi connectivity index (χ4n) is 1.05. The summed E-state index contributed by atoms with van der Waals surface area (Å²) in [6.07, 6.45) is 5.88. The molecular weight excluding hydrogens is 230 g/mol. The molecule has 1 amide bonds. The van der Waals surface area contributed by atoms with Crippen molar-refractivity contribution in [2.24, 2.45) is 5.41 Å². The summed E-state index contributed by atoms with van der Waals surface area (Å²) in [5.74, 6) is -0.307. The minimum Gasteiger partial charge on any atom is -0.306 e. The van der Waals surface area contributed by atoms with Crippen molar-refractivity contribution >= 4 is 11.7 Å². The summed E-state index contributed by atoms with van der Waals surface area (Å²) in [7, 11) is 0. The van der Waals surface area contributed by atoms with E-state index < -0.39 is 5.41 Å². The van der Waals surface area contributed by atoms with E-state index in [0.29, 0.717) is 5.56 Å². The van der Waals surface area contributed by atoms with Gasteiger partial charge < -0.3 is 5.43 Å². The highest BCUT2D eigenvalue weighted by molar-refractivity contribution is 5.94. The number of hydrogen-bond acceptors (Lipinski definition) is 4. The van der Waals surface area contributed by atoms with Gasteiger partial charge in [-0.3, -0.25) is 20.0 Å². The predicted molar refractivity (Wildman–Crippen MR) is 68.4 cm³/mol. The molecule has 0 aliphatic carbocycles. The molecule has 0 aliphatic rings. The molecular formula is C13H17N3O2. The molecule has 18 heavy (non-hydrogen) atoms. The van der Waals surface area contributed by atoms with Gasteiger partial charge in [-0.1, -0.05) is 20.8 Å². The van der Waals surface area contributed by atoms with Crippen molar-refractivity contribution in [3.63, 3.8) is 0 Å². The molecule has 0 bridgehead atoms. The van der Waals surface area contributed by atoms with E-state index in [1.165, 1.54) is 24.7 Å². The first kappa shape index (κ1) is 13.9. The number of hydrazine groups is 1.